The van der Waals surface area contributed by atoms with E-state index >= 15 is 0 Å². The highest BCUT2D eigenvalue weighted by molar-refractivity contribution is 5.79. The molecular formula is C10H11FO2. The number of rotatable bonds is 2. The number of allylic oxidation sites excluding steroid dienone is 5. The molecule has 0 unspecified atom stereocenters. The third-order valence-electron chi connectivity index (χ3n) is 1.90. The maximum Gasteiger partial charge on any atom is 0.327 e. The molecule has 1 aliphatic rings. The Bertz CT molecular complexity index is 300. The first-order valence-corrected chi connectivity index (χ1v) is 4.05. The first-order chi connectivity index (χ1) is 6.09. The number of carboxylic acids is 1. The van der Waals surface area contributed by atoms with Gasteiger partial charge in [-0.3, -0.25) is 0 Å². The molecule has 1 atom stereocenters. The second-order valence-corrected chi connectivity index (χ2v) is 3.00. The maximum absolute atomic E-state index is 12.8. The summed E-state index contributed by atoms with van der Waals surface area (Å²) in [5.41, 5.74) is 0.575. The topological polar surface area (TPSA) is 37.3 Å². The minimum Gasteiger partial charge on any atom is -0.478 e. The lowest BCUT2D eigenvalue weighted by Gasteiger charge is -2.11. The largest absolute Gasteiger partial charge is 0.478 e. The highest BCUT2D eigenvalue weighted by Gasteiger charge is 2.09. The third-order valence-corrected chi connectivity index (χ3v) is 1.90. The van der Waals surface area contributed by atoms with Crippen molar-refractivity contribution in [3.05, 3.63) is 35.7 Å². The lowest BCUT2D eigenvalue weighted by molar-refractivity contribution is -0.131. The van der Waals surface area contributed by atoms with Gasteiger partial charge in [0.05, 0.1) is 0 Å². The lowest BCUT2D eigenvalue weighted by Crippen LogP contribution is -1.99. The van der Waals surface area contributed by atoms with Crippen molar-refractivity contribution in [2.45, 2.75) is 13.3 Å². The number of carboxylic acid groups (broad SMARTS) is 1. The number of halogens is 1. The van der Waals surface area contributed by atoms with Crippen LogP contribution in [0, 0.1) is 5.92 Å². The van der Waals surface area contributed by atoms with E-state index in [0.717, 1.165) is 6.08 Å². The van der Waals surface area contributed by atoms with Gasteiger partial charge < -0.3 is 5.11 Å². The molecule has 0 bridgehead atoms. The third kappa shape index (κ3) is 2.86. The molecule has 0 saturated carbocycles. The molecule has 0 saturated heterocycles. The van der Waals surface area contributed by atoms with Crippen LogP contribution in [-0.4, -0.2) is 11.1 Å². The molecule has 0 amide bonds. The lowest BCUT2D eigenvalue weighted by atomic mass is 9.96. The fourth-order valence-electron chi connectivity index (χ4n) is 1.21. The normalized spacial score (nSPS) is 22.8. The van der Waals surface area contributed by atoms with Gasteiger partial charge in [-0.05, 0) is 30.9 Å². The predicted molar refractivity (Wildman–Crippen MR) is 47.8 cm³/mol. The van der Waals surface area contributed by atoms with Crippen LogP contribution in [0.2, 0.25) is 0 Å². The molecule has 0 aromatic rings. The van der Waals surface area contributed by atoms with Crippen LogP contribution in [0.4, 0.5) is 4.39 Å². The molecule has 0 aliphatic heterocycles. The molecule has 13 heavy (non-hydrogen) atoms. The van der Waals surface area contributed by atoms with Crippen molar-refractivity contribution >= 4 is 5.97 Å². The molecule has 1 aliphatic carbocycles. The molecule has 0 heterocycles. The minimum absolute atomic E-state index is 0.00981. The first-order valence-electron chi connectivity index (χ1n) is 4.05. The van der Waals surface area contributed by atoms with Gasteiger partial charge in [0, 0.05) is 6.08 Å². The smallest absolute Gasteiger partial charge is 0.327 e. The molecule has 0 spiro atoms. The Morgan fingerprint density at radius 3 is 3.00 bits per heavy atom. The maximum atomic E-state index is 12.8. The summed E-state index contributed by atoms with van der Waals surface area (Å²) in [5.74, 6) is -1.17. The van der Waals surface area contributed by atoms with E-state index in [9.17, 15) is 9.18 Å². The van der Waals surface area contributed by atoms with Gasteiger partial charge in [-0.2, -0.15) is 0 Å². The molecule has 2 nitrogen and oxygen atoms in total. The molecule has 0 fully saturated rings. The predicted octanol–water partition coefficient (Wildman–Crippen LogP) is 2.45. The van der Waals surface area contributed by atoms with Gasteiger partial charge in [0.15, 0.2) is 0 Å². The van der Waals surface area contributed by atoms with Crippen LogP contribution in [0.3, 0.4) is 0 Å². The van der Waals surface area contributed by atoms with Gasteiger partial charge in [0.2, 0.25) is 0 Å². The minimum atomic E-state index is -0.971. The second kappa shape index (κ2) is 4.03. The SMILES string of the molecule is CC1=C[C@H](/C=C/C(=O)O)CC=C1F. The van der Waals surface area contributed by atoms with Gasteiger partial charge in [-0.1, -0.05) is 12.2 Å². The van der Waals surface area contributed by atoms with Crippen molar-refractivity contribution in [2.24, 2.45) is 5.92 Å². The Morgan fingerprint density at radius 2 is 2.46 bits per heavy atom. The molecule has 1 rings (SSSR count). The summed E-state index contributed by atoms with van der Waals surface area (Å²) >= 11 is 0. The zero-order valence-corrected chi connectivity index (χ0v) is 7.33. The number of aliphatic carboxylic acids is 1. The highest BCUT2D eigenvalue weighted by Crippen LogP contribution is 2.23. The van der Waals surface area contributed by atoms with Crippen molar-refractivity contribution in [3.63, 3.8) is 0 Å². The van der Waals surface area contributed by atoms with Gasteiger partial charge in [-0.15, -0.1) is 0 Å². The summed E-state index contributed by atoms with van der Waals surface area (Å²) in [4.78, 5) is 10.2. The van der Waals surface area contributed by atoms with Gasteiger partial charge in [-0.25, -0.2) is 9.18 Å². The quantitative estimate of drug-likeness (QED) is 0.666. The van der Waals surface area contributed by atoms with Crippen LogP contribution in [0.1, 0.15) is 13.3 Å². The average Bonchev–Trinajstić information content (AvgIpc) is 2.07. The van der Waals surface area contributed by atoms with Crippen molar-refractivity contribution < 1.29 is 14.3 Å². The van der Waals surface area contributed by atoms with Gasteiger partial charge in [0.1, 0.15) is 5.83 Å². The van der Waals surface area contributed by atoms with E-state index in [1.165, 1.54) is 6.08 Å². The Balaban J connectivity index is 2.63. The molecule has 0 aromatic heterocycles. The van der Waals surface area contributed by atoms with Crippen molar-refractivity contribution in [1.29, 1.82) is 0 Å². The highest BCUT2D eigenvalue weighted by atomic mass is 19.1. The summed E-state index contributed by atoms with van der Waals surface area (Å²) in [6.07, 6.45) is 6.40. The number of hydrogen-bond donors (Lipinski definition) is 1. The van der Waals surface area contributed by atoms with Crippen LogP contribution in [0.15, 0.2) is 35.7 Å². The fourth-order valence-corrected chi connectivity index (χ4v) is 1.21. The number of hydrogen-bond acceptors (Lipinski definition) is 1. The summed E-state index contributed by atoms with van der Waals surface area (Å²) in [6, 6.07) is 0. The van der Waals surface area contributed by atoms with Crippen LogP contribution in [0.25, 0.3) is 0 Å². The summed E-state index contributed by atoms with van der Waals surface area (Å²) in [5, 5.41) is 8.37. The Hall–Kier alpha value is -1.38. The van der Waals surface area contributed by atoms with Crippen LogP contribution in [0.5, 0.6) is 0 Å². The zero-order chi connectivity index (χ0) is 9.84. The molecule has 0 aromatic carbocycles. The molecule has 1 N–H and O–H groups in total. The van der Waals surface area contributed by atoms with E-state index in [1.807, 2.05) is 0 Å². The zero-order valence-electron chi connectivity index (χ0n) is 7.33. The van der Waals surface area contributed by atoms with Crippen molar-refractivity contribution in [2.75, 3.05) is 0 Å². The number of carbonyl (C=O) groups is 1. The van der Waals surface area contributed by atoms with Crippen LogP contribution >= 0.6 is 0 Å². The van der Waals surface area contributed by atoms with Crippen molar-refractivity contribution in [1.82, 2.24) is 0 Å². The van der Waals surface area contributed by atoms with E-state index in [2.05, 4.69) is 0 Å². The van der Waals surface area contributed by atoms with Crippen LogP contribution in [-0.2, 0) is 4.79 Å². The molecule has 70 valence electrons. The molecule has 0 radical (unpaired) electrons. The van der Waals surface area contributed by atoms with E-state index in [1.54, 1.807) is 19.1 Å². The van der Waals surface area contributed by atoms with Crippen molar-refractivity contribution in [3.8, 4) is 0 Å². The van der Waals surface area contributed by atoms with Gasteiger partial charge in [0.25, 0.3) is 0 Å². The van der Waals surface area contributed by atoms with E-state index in [0.29, 0.717) is 12.0 Å². The standard InChI is InChI=1S/C10H11FO2/c1-7-6-8(2-4-9(7)11)3-5-10(12)13/h3-6,8H,2H2,1H3,(H,12,13)/b5-3+/t8-/m0/s1. The van der Waals surface area contributed by atoms with Crippen LogP contribution < -0.4 is 0 Å². The molecule has 3 heteroatoms. The first kappa shape index (κ1) is 9.71. The monoisotopic (exact) mass is 182 g/mol. The van der Waals surface area contributed by atoms with E-state index < -0.39 is 5.97 Å². The molecular weight excluding hydrogens is 171 g/mol. The van der Waals surface area contributed by atoms with E-state index in [-0.39, 0.29) is 11.7 Å². The Morgan fingerprint density at radius 1 is 1.77 bits per heavy atom. The summed E-state index contributed by atoms with van der Waals surface area (Å²) in [7, 11) is 0. The summed E-state index contributed by atoms with van der Waals surface area (Å²) in [6.45, 7) is 1.67. The summed E-state index contributed by atoms with van der Waals surface area (Å²) < 4.78 is 12.8. The van der Waals surface area contributed by atoms with Gasteiger partial charge >= 0.3 is 5.97 Å². The Kier molecular flexibility index (Phi) is 3.01. The average molecular weight is 182 g/mol. The van der Waals surface area contributed by atoms with E-state index in [4.69, 9.17) is 5.11 Å². The second-order valence-electron chi connectivity index (χ2n) is 3.00. The Labute approximate surface area is 76.1 Å². The fraction of sp³-hybridized carbons (Fsp3) is 0.300.